The number of aromatic nitrogens is 2. The first-order chi connectivity index (χ1) is 12.0. The van der Waals surface area contributed by atoms with Crippen molar-refractivity contribution in [3.05, 3.63) is 58.1 Å². The number of pyridine rings is 2. The summed E-state index contributed by atoms with van der Waals surface area (Å²) in [6.07, 6.45) is 7.08. The minimum absolute atomic E-state index is 0. The molecule has 0 saturated heterocycles. The monoisotopic (exact) mass is 433 g/mol. The molecule has 2 rings (SSSR count). The summed E-state index contributed by atoms with van der Waals surface area (Å²) >= 11 is 17.9. The van der Waals surface area contributed by atoms with Gasteiger partial charge in [-0.2, -0.15) is 0 Å². The Morgan fingerprint density at radius 1 is 1.12 bits per heavy atom. The standard InChI is InChI=1S/C9H11ClN2S.C8H9ClN2S.CH4.H2/c1-11-9(13-2)5-7-3-4-8(10)12-6-7;1-10-8(12)4-6-2-3-7(9)11-5-6;;/h3-4,6H,5H2,1-2H3;2-3,5H,4H2,1H3,(H,10,12);1H4;1H/i;;;1+1. The van der Waals surface area contributed by atoms with Crippen LogP contribution < -0.4 is 5.32 Å². The van der Waals surface area contributed by atoms with E-state index < -0.39 is 0 Å². The molecule has 2 aromatic heterocycles. The van der Waals surface area contributed by atoms with Crippen LogP contribution in [0.3, 0.4) is 0 Å². The number of hydrogen-bond donors (Lipinski definition) is 1. The van der Waals surface area contributed by atoms with Crippen LogP contribution in [0.4, 0.5) is 0 Å². The number of halogens is 2. The van der Waals surface area contributed by atoms with Gasteiger partial charge in [0.2, 0.25) is 0 Å². The zero-order valence-corrected chi connectivity index (χ0v) is 17.4. The van der Waals surface area contributed by atoms with Gasteiger partial charge in [-0.25, -0.2) is 9.97 Å². The molecule has 0 aliphatic carbocycles. The van der Waals surface area contributed by atoms with E-state index in [-0.39, 0.29) is 8.85 Å². The molecule has 2 heterocycles. The highest BCUT2D eigenvalue weighted by atomic mass is 35.5. The summed E-state index contributed by atoms with van der Waals surface area (Å²) in [5.74, 6) is 0. The van der Waals surface area contributed by atoms with Gasteiger partial charge >= 0.3 is 0 Å². The molecule has 4 nitrogen and oxygen atoms in total. The second kappa shape index (κ2) is 13.9. The smallest absolute Gasteiger partial charge is 0.129 e. The van der Waals surface area contributed by atoms with E-state index >= 15 is 0 Å². The molecule has 0 bridgehead atoms. The zero-order chi connectivity index (χ0) is 18.7. The second-order valence-electron chi connectivity index (χ2n) is 4.83. The van der Waals surface area contributed by atoms with E-state index in [1.807, 2.05) is 25.4 Å². The highest BCUT2D eigenvalue weighted by molar-refractivity contribution is 8.13. The summed E-state index contributed by atoms with van der Waals surface area (Å²) in [6, 6.07) is 7.44. The van der Waals surface area contributed by atoms with Crippen molar-refractivity contribution in [1.29, 1.82) is 0 Å². The maximum absolute atomic E-state index is 5.67. The Hall–Kier alpha value is -1.21. The van der Waals surface area contributed by atoms with Gasteiger partial charge in [-0.1, -0.05) is 55.0 Å². The Bertz CT molecular complexity index is 696. The van der Waals surface area contributed by atoms with E-state index in [0.717, 1.165) is 34.0 Å². The molecule has 8 heteroatoms. The lowest BCUT2D eigenvalue weighted by molar-refractivity contribution is 1.13. The SMILES string of the molecule is C.CN=C(Cc1ccc(Cl)nc1)SC.CNC(=S)Cc1ccc(Cl)nc1.[2HH]. The predicted octanol–water partition coefficient (Wildman–Crippen LogP) is 5.38. The van der Waals surface area contributed by atoms with E-state index in [1.165, 1.54) is 0 Å². The van der Waals surface area contributed by atoms with E-state index in [4.69, 9.17) is 35.4 Å². The summed E-state index contributed by atoms with van der Waals surface area (Å²) in [4.78, 5) is 12.9. The fourth-order valence-electron chi connectivity index (χ4n) is 1.71. The highest BCUT2D eigenvalue weighted by Gasteiger charge is 1.99. The number of nitrogens with zero attached hydrogens (tertiary/aromatic N) is 3. The van der Waals surface area contributed by atoms with Crippen LogP contribution in [0.2, 0.25) is 10.3 Å². The van der Waals surface area contributed by atoms with E-state index in [1.54, 1.807) is 43.3 Å². The number of rotatable bonds is 4. The first kappa shape index (κ1) is 24.8. The maximum Gasteiger partial charge on any atom is 0.129 e. The molecule has 0 radical (unpaired) electrons. The average molecular weight is 434 g/mol. The highest BCUT2D eigenvalue weighted by Crippen LogP contribution is 2.10. The first-order valence-electron chi connectivity index (χ1n) is 7.39. The molecule has 0 unspecified atom stereocenters. The number of thioether (sulfide) groups is 1. The normalized spacial score (nSPS) is 10.3. The van der Waals surface area contributed by atoms with Crippen LogP contribution in [-0.2, 0) is 12.8 Å². The lowest BCUT2D eigenvalue weighted by atomic mass is 10.2. The third-order valence-corrected chi connectivity index (χ3v) is 4.65. The molecule has 144 valence electrons. The van der Waals surface area contributed by atoms with E-state index in [0.29, 0.717) is 10.3 Å². The van der Waals surface area contributed by atoms with Gasteiger partial charge in [0.1, 0.15) is 10.3 Å². The van der Waals surface area contributed by atoms with Gasteiger partial charge in [-0.15, -0.1) is 11.8 Å². The summed E-state index contributed by atoms with van der Waals surface area (Å²) in [5.41, 5.74) is 2.21. The molecule has 0 spiro atoms. The van der Waals surface area contributed by atoms with Crippen LogP contribution in [0.15, 0.2) is 41.7 Å². The van der Waals surface area contributed by atoms with Crippen molar-refractivity contribution >= 4 is 57.2 Å². The molecular weight excluding hydrogens is 407 g/mol. The lowest BCUT2D eigenvalue weighted by Gasteiger charge is -2.01. The van der Waals surface area contributed by atoms with Gasteiger partial charge in [-0.05, 0) is 29.5 Å². The van der Waals surface area contributed by atoms with Gasteiger partial charge < -0.3 is 5.32 Å². The number of thiocarbonyl (C=S) groups is 1. The summed E-state index contributed by atoms with van der Waals surface area (Å²) < 4.78 is 0. The van der Waals surface area contributed by atoms with Gasteiger partial charge in [0.25, 0.3) is 0 Å². The number of likely N-dealkylation sites (N-methyl/N-ethyl adjacent to an activating group) is 1. The van der Waals surface area contributed by atoms with Crippen LogP contribution in [-0.4, -0.2) is 40.4 Å². The molecule has 0 aromatic carbocycles. The third-order valence-electron chi connectivity index (χ3n) is 3.06. The average Bonchev–Trinajstić information content (AvgIpc) is 2.63. The first-order valence-corrected chi connectivity index (χ1v) is 9.78. The van der Waals surface area contributed by atoms with Crippen LogP contribution in [0.5, 0.6) is 0 Å². The predicted molar refractivity (Wildman–Crippen MR) is 123 cm³/mol. The Morgan fingerprint density at radius 2 is 1.62 bits per heavy atom. The number of aliphatic imine (C=N–C) groups is 1. The Morgan fingerprint density at radius 3 is 1.96 bits per heavy atom. The van der Waals surface area contributed by atoms with Crippen molar-refractivity contribution in [2.45, 2.75) is 20.3 Å². The molecule has 0 atom stereocenters. The minimum Gasteiger partial charge on any atom is -0.382 e. The van der Waals surface area contributed by atoms with Gasteiger partial charge in [-0.3, -0.25) is 4.99 Å². The van der Waals surface area contributed by atoms with E-state index in [9.17, 15) is 0 Å². The molecule has 0 saturated carbocycles. The van der Waals surface area contributed by atoms with Crippen molar-refractivity contribution in [3.8, 4) is 0 Å². The zero-order valence-electron chi connectivity index (χ0n) is 14.3. The number of nitrogens with one attached hydrogen (secondary N) is 1. The molecule has 1 N–H and O–H groups in total. The van der Waals surface area contributed by atoms with Crippen LogP contribution >= 0.6 is 47.2 Å². The maximum atomic E-state index is 5.67. The molecule has 0 fully saturated rings. The van der Waals surface area contributed by atoms with Crippen LogP contribution in [0.1, 0.15) is 20.0 Å². The Balaban J connectivity index is 0. The minimum atomic E-state index is 0. The second-order valence-corrected chi connectivity index (χ2v) is 6.97. The topological polar surface area (TPSA) is 50.2 Å². The van der Waals surface area contributed by atoms with Gasteiger partial charge in [0.15, 0.2) is 0 Å². The molecular formula is C18H26Cl2N4S2. The fourth-order valence-corrected chi connectivity index (χ4v) is 2.60. The number of hydrogen-bond acceptors (Lipinski definition) is 5. The molecule has 0 aliphatic heterocycles. The summed E-state index contributed by atoms with van der Waals surface area (Å²) in [7, 11) is 3.61. The van der Waals surface area contributed by atoms with E-state index in [2.05, 4.69) is 20.3 Å². The van der Waals surface area contributed by atoms with Crippen LogP contribution in [0.25, 0.3) is 0 Å². The van der Waals surface area contributed by atoms with Crippen molar-refractivity contribution in [2.24, 2.45) is 4.99 Å². The molecule has 0 amide bonds. The van der Waals surface area contributed by atoms with Crippen molar-refractivity contribution < 1.29 is 1.43 Å². The molecule has 26 heavy (non-hydrogen) atoms. The summed E-state index contributed by atoms with van der Waals surface area (Å²) in [5, 5.41) is 5.04. The Kier molecular flexibility index (Phi) is 13.3. The fraction of sp³-hybridized carbons (Fsp3) is 0.333. The van der Waals surface area contributed by atoms with Crippen LogP contribution in [0, 0.1) is 0 Å². The lowest BCUT2D eigenvalue weighted by Crippen LogP contribution is -2.17. The molecule has 0 aliphatic rings. The summed E-state index contributed by atoms with van der Waals surface area (Å²) in [6.45, 7) is 0. The largest absolute Gasteiger partial charge is 0.382 e. The van der Waals surface area contributed by atoms with Crippen molar-refractivity contribution in [2.75, 3.05) is 20.4 Å². The van der Waals surface area contributed by atoms with Gasteiger partial charge in [0.05, 0.1) is 10.0 Å². The van der Waals surface area contributed by atoms with Crippen molar-refractivity contribution in [3.63, 3.8) is 0 Å². The van der Waals surface area contributed by atoms with Crippen molar-refractivity contribution in [1.82, 2.24) is 15.3 Å². The molecule has 2 aromatic rings. The Labute approximate surface area is 177 Å². The third kappa shape index (κ3) is 10.1. The quantitative estimate of drug-likeness (QED) is 0.303. The van der Waals surface area contributed by atoms with Gasteiger partial charge in [0, 0.05) is 40.8 Å².